The lowest BCUT2D eigenvalue weighted by Crippen LogP contribution is -2.29. The van der Waals surface area contributed by atoms with Crippen LogP contribution in [-0.2, 0) is 6.42 Å². The fraction of sp³-hybridized carbons (Fsp3) is 0.467. The predicted octanol–water partition coefficient (Wildman–Crippen LogP) is 2.69. The Morgan fingerprint density at radius 1 is 1.33 bits per heavy atom. The van der Waals surface area contributed by atoms with Gasteiger partial charge in [-0.1, -0.05) is 35.8 Å². The van der Waals surface area contributed by atoms with Crippen LogP contribution in [-0.4, -0.2) is 39.8 Å². The summed E-state index contributed by atoms with van der Waals surface area (Å²) in [5, 5.41) is 13.8. The molecule has 2 aromatic rings. The van der Waals surface area contributed by atoms with Crippen molar-refractivity contribution in [3.63, 3.8) is 0 Å². The summed E-state index contributed by atoms with van der Waals surface area (Å²) in [6.45, 7) is 5.56. The Morgan fingerprint density at radius 2 is 2.05 bits per heavy atom. The summed E-state index contributed by atoms with van der Waals surface area (Å²) in [6, 6.07) is 7.59. The van der Waals surface area contributed by atoms with E-state index in [-0.39, 0.29) is 12.6 Å². The standard InChI is InChI=1S/C15H20ClN3O2/c1-3-19(8-9-20)11(2)15-17-14(18-21-15)10-12-4-6-13(16)7-5-12/h4-7,11,20H,3,8-10H2,1-2H3. The lowest BCUT2D eigenvalue weighted by atomic mass is 10.1. The van der Waals surface area contributed by atoms with Crippen LogP contribution < -0.4 is 0 Å². The molecule has 0 saturated carbocycles. The third-order valence-electron chi connectivity index (χ3n) is 3.46. The highest BCUT2D eigenvalue weighted by Crippen LogP contribution is 2.19. The van der Waals surface area contributed by atoms with Crippen molar-refractivity contribution in [1.82, 2.24) is 15.0 Å². The molecule has 0 fully saturated rings. The van der Waals surface area contributed by atoms with Crippen LogP contribution in [0.2, 0.25) is 5.02 Å². The van der Waals surface area contributed by atoms with E-state index < -0.39 is 0 Å². The number of aromatic nitrogens is 2. The Kier molecular flexibility index (Phi) is 5.73. The SMILES string of the molecule is CCN(CCO)C(C)c1nc(Cc2ccc(Cl)cc2)no1. The lowest BCUT2D eigenvalue weighted by Gasteiger charge is -2.23. The molecule has 21 heavy (non-hydrogen) atoms. The molecule has 0 radical (unpaired) electrons. The molecule has 1 aromatic carbocycles. The second kappa shape index (κ2) is 7.54. The third kappa shape index (κ3) is 4.27. The highest BCUT2D eigenvalue weighted by Gasteiger charge is 2.20. The van der Waals surface area contributed by atoms with Crippen LogP contribution >= 0.6 is 11.6 Å². The van der Waals surface area contributed by atoms with Crippen molar-refractivity contribution in [3.8, 4) is 0 Å². The largest absolute Gasteiger partial charge is 0.395 e. The summed E-state index contributed by atoms with van der Waals surface area (Å²) in [5.74, 6) is 1.23. The maximum Gasteiger partial charge on any atom is 0.243 e. The van der Waals surface area contributed by atoms with Gasteiger partial charge in [-0.2, -0.15) is 4.98 Å². The first-order chi connectivity index (χ1) is 10.1. The molecule has 1 atom stereocenters. The lowest BCUT2D eigenvalue weighted by molar-refractivity contribution is 0.143. The van der Waals surface area contributed by atoms with Crippen molar-refractivity contribution in [2.45, 2.75) is 26.3 Å². The Labute approximate surface area is 129 Å². The number of rotatable bonds is 7. The van der Waals surface area contributed by atoms with Crippen LogP contribution in [0.5, 0.6) is 0 Å². The number of aliphatic hydroxyl groups is 1. The fourth-order valence-corrected chi connectivity index (χ4v) is 2.33. The van der Waals surface area contributed by atoms with Crippen LogP contribution in [0.15, 0.2) is 28.8 Å². The first-order valence-electron chi connectivity index (χ1n) is 7.05. The summed E-state index contributed by atoms with van der Waals surface area (Å²) in [7, 11) is 0. The van der Waals surface area contributed by atoms with Gasteiger partial charge in [-0.15, -0.1) is 0 Å². The molecule has 0 saturated heterocycles. The van der Waals surface area contributed by atoms with E-state index in [0.29, 0.717) is 29.7 Å². The topological polar surface area (TPSA) is 62.4 Å². The number of nitrogens with zero attached hydrogens (tertiary/aromatic N) is 3. The van der Waals surface area contributed by atoms with Gasteiger partial charge < -0.3 is 9.63 Å². The molecule has 0 spiro atoms. The van der Waals surface area contributed by atoms with Gasteiger partial charge in [-0.25, -0.2) is 0 Å². The third-order valence-corrected chi connectivity index (χ3v) is 3.71. The van der Waals surface area contributed by atoms with Gasteiger partial charge in [0.05, 0.1) is 12.6 Å². The summed E-state index contributed by atoms with van der Waals surface area (Å²) < 4.78 is 5.34. The van der Waals surface area contributed by atoms with Gasteiger partial charge >= 0.3 is 0 Å². The fourth-order valence-electron chi connectivity index (χ4n) is 2.20. The monoisotopic (exact) mass is 309 g/mol. The van der Waals surface area contributed by atoms with Crippen molar-refractivity contribution in [2.75, 3.05) is 19.7 Å². The van der Waals surface area contributed by atoms with Crippen molar-refractivity contribution < 1.29 is 9.63 Å². The molecule has 114 valence electrons. The van der Waals surface area contributed by atoms with E-state index in [9.17, 15) is 0 Å². The van der Waals surface area contributed by atoms with Crippen LogP contribution in [0.1, 0.15) is 37.2 Å². The zero-order valence-corrected chi connectivity index (χ0v) is 13.0. The minimum absolute atomic E-state index is 0.00591. The molecular weight excluding hydrogens is 290 g/mol. The quantitative estimate of drug-likeness (QED) is 0.852. The Morgan fingerprint density at radius 3 is 2.67 bits per heavy atom. The van der Waals surface area contributed by atoms with Gasteiger partial charge in [0, 0.05) is 18.0 Å². The Balaban J connectivity index is 2.05. The van der Waals surface area contributed by atoms with Gasteiger partial charge in [0.2, 0.25) is 5.89 Å². The number of benzene rings is 1. The minimum Gasteiger partial charge on any atom is -0.395 e. The van der Waals surface area contributed by atoms with Crippen LogP contribution in [0.25, 0.3) is 0 Å². The first kappa shape index (κ1) is 15.9. The van der Waals surface area contributed by atoms with E-state index in [2.05, 4.69) is 15.0 Å². The van der Waals surface area contributed by atoms with Gasteiger partial charge in [-0.3, -0.25) is 4.90 Å². The second-order valence-corrected chi connectivity index (χ2v) is 5.32. The number of aliphatic hydroxyl groups excluding tert-OH is 1. The summed E-state index contributed by atoms with van der Waals surface area (Å²) in [5.41, 5.74) is 1.09. The molecule has 0 amide bonds. The molecule has 1 heterocycles. The Bertz CT molecular complexity index is 556. The second-order valence-electron chi connectivity index (χ2n) is 4.88. The number of hydrogen-bond acceptors (Lipinski definition) is 5. The molecule has 0 bridgehead atoms. The maximum absolute atomic E-state index is 9.07. The minimum atomic E-state index is -0.00591. The van der Waals surface area contributed by atoms with Crippen LogP contribution in [0.3, 0.4) is 0 Å². The molecular formula is C15H20ClN3O2. The van der Waals surface area contributed by atoms with Gasteiger partial charge in [0.25, 0.3) is 0 Å². The predicted molar refractivity (Wildman–Crippen MR) is 81.3 cm³/mol. The maximum atomic E-state index is 9.07. The van der Waals surface area contributed by atoms with Crippen molar-refractivity contribution in [3.05, 3.63) is 46.6 Å². The zero-order valence-electron chi connectivity index (χ0n) is 12.3. The number of halogens is 1. The van der Waals surface area contributed by atoms with E-state index in [1.807, 2.05) is 38.1 Å². The van der Waals surface area contributed by atoms with E-state index in [4.69, 9.17) is 21.2 Å². The summed E-state index contributed by atoms with van der Waals surface area (Å²) in [6.07, 6.45) is 0.611. The highest BCUT2D eigenvalue weighted by atomic mass is 35.5. The van der Waals surface area contributed by atoms with Gasteiger partial charge in [-0.05, 0) is 31.2 Å². The average molecular weight is 310 g/mol. The average Bonchev–Trinajstić information content (AvgIpc) is 2.95. The molecule has 1 aromatic heterocycles. The zero-order chi connectivity index (χ0) is 15.2. The Hall–Kier alpha value is -1.43. The molecule has 0 aliphatic heterocycles. The molecule has 1 N–H and O–H groups in total. The van der Waals surface area contributed by atoms with Crippen LogP contribution in [0.4, 0.5) is 0 Å². The molecule has 6 heteroatoms. The van der Waals surface area contributed by atoms with E-state index >= 15 is 0 Å². The molecule has 0 aliphatic rings. The molecule has 2 rings (SSSR count). The van der Waals surface area contributed by atoms with E-state index in [1.54, 1.807) is 0 Å². The normalized spacial score (nSPS) is 12.8. The summed E-state index contributed by atoms with van der Waals surface area (Å²) in [4.78, 5) is 6.53. The summed E-state index contributed by atoms with van der Waals surface area (Å²) >= 11 is 5.87. The smallest absolute Gasteiger partial charge is 0.243 e. The van der Waals surface area contributed by atoms with Gasteiger partial charge in [0.15, 0.2) is 5.82 Å². The first-order valence-corrected chi connectivity index (χ1v) is 7.43. The number of likely N-dealkylation sites (N-methyl/N-ethyl adjacent to an activating group) is 1. The van der Waals surface area contributed by atoms with Crippen LogP contribution in [0, 0.1) is 0 Å². The van der Waals surface area contributed by atoms with Crippen molar-refractivity contribution in [1.29, 1.82) is 0 Å². The van der Waals surface area contributed by atoms with E-state index in [0.717, 1.165) is 12.1 Å². The van der Waals surface area contributed by atoms with Gasteiger partial charge in [0.1, 0.15) is 0 Å². The van der Waals surface area contributed by atoms with Crippen molar-refractivity contribution in [2.24, 2.45) is 0 Å². The highest BCUT2D eigenvalue weighted by molar-refractivity contribution is 6.30. The molecule has 5 nitrogen and oxygen atoms in total. The van der Waals surface area contributed by atoms with Crippen molar-refractivity contribution >= 4 is 11.6 Å². The van der Waals surface area contributed by atoms with E-state index in [1.165, 1.54) is 0 Å². The molecule has 0 aliphatic carbocycles. The molecule has 1 unspecified atom stereocenters. The number of hydrogen-bond donors (Lipinski definition) is 1.